The molecule has 0 aromatic rings. The Hall–Kier alpha value is -0.0400. The van der Waals surface area contributed by atoms with Crippen LogP contribution in [0.25, 0.3) is 0 Å². The summed E-state index contributed by atoms with van der Waals surface area (Å²) >= 11 is 0. The van der Waals surface area contributed by atoms with Crippen molar-refractivity contribution in [1.29, 1.82) is 0 Å². The zero-order valence-electron chi connectivity index (χ0n) is 15.4. The van der Waals surface area contributed by atoms with Crippen molar-refractivity contribution < 1.29 is 0 Å². The van der Waals surface area contributed by atoms with Gasteiger partial charge in [-0.2, -0.15) is 0 Å². The van der Waals surface area contributed by atoms with Crippen LogP contribution in [0, 0.1) is 5.92 Å². The highest BCUT2D eigenvalue weighted by Crippen LogP contribution is 2.11. The van der Waals surface area contributed by atoms with E-state index in [-0.39, 0.29) is 0 Å². The molecule has 1 nitrogen and oxygen atoms in total. The molecule has 0 saturated heterocycles. The number of unbranched alkanes of at least 4 members (excludes halogenated alkanes) is 11. The fourth-order valence-corrected chi connectivity index (χ4v) is 2.85. The first-order valence-electron chi connectivity index (χ1n) is 9.98. The topological polar surface area (TPSA) is 12.0 Å². The first-order valence-corrected chi connectivity index (χ1v) is 9.98. The van der Waals surface area contributed by atoms with Gasteiger partial charge in [-0.15, -0.1) is 0 Å². The molecule has 0 fully saturated rings. The van der Waals surface area contributed by atoms with Crippen LogP contribution in [0.3, 0.4) is 0 Å². The first kappa shape index (κ1) is 21.0. The van der Waals surface area contributed by atoms with Gasteiger partial charge in [0.05, 0.1) is 0 Å². The van der Waals surface area contributed by atoms with E-state index in [2.05, 4.69) is 26.1 Å². The van der Waals surface area contributed by atoms with Crippen molar-refractivity contribution in [2.75, 3.05) is 13.1 Å². The van der Waals surface area contributed by atoms with Crippen molar-refractivity contribution in [3.8, 4) is 0 Å². The largest absolute Gasteiger partial charge is 0.317 e. The summed E-state index contributed by atoms with van der Waals surface area (Å²) in [5, 5.41) is 3.58. The monoisotopic (exact) mass is 297 g/mol. The summed E-state index contributed by atoms with van der Waals surface area (Å²) in [6, 6.07) is 0. The molecule has 0 heterocycles. The lowest BCUT2D eigenvalue weighted by molar-refractivity contribution is 0.510. The molecule has 0 bridgehead atoms. The van der Waals surface area contributed by atoms with Crippen molar-refractivity contribution in [1.82, 2.24) is 5.32 Å². The molecule has 0 aliphatic rings. The predicted molar refractivity (Wildman–Crippen MR) is 98.0 cm³/mol. The molecule has 0 atom stereocenters. The minimum atomic E-state index is 0.860. The summed E-state index contributed by atoms with van der Waals surface area (Å²) in [5.74, 6) is 0.860. The molecule has 0 rings (SSSR count). The number of nitrogens with one attached hydrogen (secondary N) is 1. The van der Waals surface area contributed by atoms with Crippen molar-refractivity contribution in [3.63, 3.8) is 0 Å². The van der Waals surface area contributed by atoms with E-state index in [0.29, 0.717) is 0 Å². The Bertz CT molecular complexity index is 177. The van der Waals surface area contributed by atoms with Gasteiger partial charge in [0.25, 0.3) is 0 Å². The molecule has 0 amide bonds. The van der Waals surface area contributed by atoms with E-state index in [1.165, 1.54) is 103 Å². The lowest BCUT2D eigenvalue weighted by Crippen LogP contribution is -2.17. The van der Waals surface area contributed by atoms with Crippen LogP contribution in [-0.2, 0) is 0 Å². The maximum Gasteiger partial charge on any atom is -0.00488 e. The smallest absolute Gasteiger partial charge is 0.00488 e. The number of hydrogen-bond acceptors (Lipinski definition) is 1. The van der Waals surface area contributed by atoms with E-state index < -0.39 is 0 Å². The van der Waals surface area contributed by atoms with Gasteiger partial charge in [-0.3, -0.25) is 0 Å². The Morgan fingerprint density at radius 3 is 1.48 bits per heavy atom. The molecule has 0 aromatic carbocycles. The van der Waals surface area contributed by atoms with Crippen LogP contribution in [0.5, 0.6) is 0 Å². The highest BCUT2D eigenvalue weighted by Gasteiger charge is 1.95. The second kappa shape index (κ2) is 18.0. The second-order valence-electron chi connectivity index (χ2n) is 7.18. The van der Waals surface area contributed by atoms with Gasteiger partial charge >= 0.3 is 0 Å². The summed E-state index contributed by atoms with van der Waals surface area (Å²) in [7, 11) is 0. The van der Waals surface area contributed by atoms with Crippen LogP contribution in [0.2, 0.25) is 0 Å². The molecule has 0 aliphatic carbocycles. The van der Waals surface area contributed by atoms with Gasteiger partial charge in [0, 0.05) is 0 Å². The van der Waals surface area contributed by atoms with Crippen molar-refractivity contribution >= 4 is 0 Å². The third-order valence-corrected chi connectivity index (χ3v) is 4.34. The Morgan fingerprint density at radius 1 is 0.571 bits per heavy atom. The van der Waals surface area contributed by atoms with Crippen LogP contribution < -0.4 is 5.32 Å². The standard InChI is InChI=1S/C20H43N/c1-4-5-6-7-8-9-10-11-12-13-14-15-18-21-19-16-17-20(2)3/h20-21H,4-19H2,1-3H3. The van der Waals surface area contributed by atoms with Crippen molar-refractivity contribution in [2.45, 2.75) is 111 Å². The van der Waals surface area contributed by atoms with E-state index >= 15 is 0 Å². The molecule has 21 heavy (non-hydrogen) atoms. The van der Waals surface area contributed by atoms with E-state index in [1.54, 1.807) is 0 Å². The second-order valence-corrected chi connectivity index (χ2v) is 7.18. The Kier molecular flexibility index (Phi) is 18.0. The van der Waals surface area contributed by atoms with E-state index in [4.69, 9.17) is 0 Å². The number of hydrogen-bond donors (Lipinski definition) is 1. The third-order valence-electron chi connectivity index (χ3n) is 4.34. The lowest BCUT2D eigenvalue weighted by Gasteiger charge is -2.06. The summed E-state index contributed by atoms with van der Waals surface area (Å²) in [6.07, 6.45) is 20.0. The molecule has 0 saturated carbocycles. The van der Waals surface area contributed by atoms with Crippen LogP contribution >= 0.6 is 0 Å². The first-order chi connectivity index (χ1) is 10.3. The van der Waals surface area contributed by atoms with E-state index in [9.17, 15) is 0 Å². The molecule has 0 spiro atoms. The predicted octanol–water partition coefficient (Wildman–Crippen LogP) is 6.71. The maximum atomic E-state index is 3.58. The molecule has 1 heteroatoms. The normalized spacial score (nSPS) is 11.4. The molecule has 0 radical (unpaired) electrons. The average molecular weight is 298 g/mol. The zero-order valence-corrected chi connectivity index (χ0v) is 15.4. The van der Waals surface area contributed by atoms with Gasteiger partial charge in [0.2, 0.25) is 0 Å². The van der Waals surface area contributed by atoms with Crippen molar-refractivity contribution in [3.05, 3.63) is 0 Å². The number of rotatable bonds is 17. The summed E-state index contributed by atoms with van der Waals surface area (Å²) < 4.78 is 0. The van der Waals surface area contributed by atoms with E-state index in [1.807, 2.05) is 0 Å². The molecular weight excluding hydrogens is 254 g/mol. The van der Waals surface area contributed by atoms with Gasteiger partial charge in [0.1, 0.15) is 0 Å². The molecular formula is C20H43N. The highest BCUT2D eigenvalue weighted by atomic mass is 14.8. The zero-order chi connectivity index (χ0) is 15.6. The maximum absolute atomic E-state index is 3.58. The highest BCUT2D eigenvalue weighted by molar-refractivity contribution is 4.53. The third kappa shape index (κ3) is 20.0. The van der Waals surface area contributed by atoms with Gasteiger partial charge in [-0.05, 0) is 38.3 Å². The SMILES string of the molecule is CCCCCCCCCCCCCCNCCCC(C)C. The van der Waals surface area contributed by atoms with Crippen LogP contribution in [-0.4, -0.2) is 13.1 Å². The van der Waals surface area contributed by atoms with Gasteiger partial charge < -0.3 is 5.32 Å². The molecule has 0 unspecified atom stereocenters. The molecule has 0 aromatic heterocycles. The summed E-state index contributed by atoms with van der Waals surface area (Å²) in [6.45, 7) is 9.36. The molecule has 1 N–H and O–H groups in total. The Balaban J connectivity index is 2.93. The van der Waals surface area contributed by atoms with Gasteiger partial charge in [-0.1, -0.05) is 91.4 Å². The van der Waals surface area contributed by atoms with Crippen LogP contribution in [0.1, 0.15) is 111 Å². The minimum absolute atomic E-state index is 0.860. The molecule has 128 valence electrons. The lowest BCUT2D eigenvalue weighted by atomic mass is 10.1. The van der Waals surface area contributed by atoms with Gasteiger partial charge in [0.15, 0.2) is 0 Å². The van der Waals surface area contributed by atoms with E-state index in [0.717, 1.165) is 5.92 Å². The fourth-order valence-electron chi connectivity index (χ4n) is 2.85. The minimum Gasteiger partial charge on any atom is -0.317 e. The Morgan fingerprint density at radius 2 is 1.00 bits per heavy atom. The van der Waals surface area contributed by atoms with Gasteiger partial charge in [-0.25, -0.2) is 0 Å². The van der Waals surface area contributed by atoms with Crippen LogP contribution in [0.15, 0.2) is 0 Å². The fraction of sp³-hybridized carbons (Fsp3) is 1.00. The average Bonchev–Trinajstić information content (AvgIpc) is 2.46. The quantitative estimate of drug-likeness (QED) is 0.294. The molecule has 0 aliphatic heterocycles. The van der Waals surface area contributed by atoms with Crippen LogP contribution in [0.4, 0.5) is 0 Å². The van der Waals surface area contributed by atoms with Crippen molar-refractivity contribution in [2.24, 2.45) is 5.92 Å². The summed E-state index contributed by atoms with van der Waals surface area (Å²) in [4.78, 5) is 0. The summed E-state index contributed by atoms with van der Waals surface area (Å²) in [5.41, 5.74) is 0. The Labute approximate surface area is 135 Å².